The predicted octanol–water partition coefficient (Wildman–Crippen LogP) is 25.2. The summed E-state index contributed by atoms with van der Waals surface area (Å²) in [7, 11) is 0. The van der Waals surface area contributed by atoms with Crippen LogP contribution in [0.1, 0.15) is 380 Å². The number of hydrogen-bond donors (Lipinski definition) is 0. The minimum absolute atomic E-state index is 0.0775. The SMILES string of the molecule is CCC/C=C\C/C=C\CCCCCCCC(=O)OCC(COC(=O)CCCCCCCCCCCCCCCCCCC/C=C\C/C=C\CCCCCCC)OC(=O)CCCCCCCCCCCCC/C=C\C/C=C\CCCCCCC. The van der Waals surface area contributed by atoms with Gasteiger partial charge in [-0.05, 0) is 109 Å². The average Bonchev–Trinajstić information content (AvgIpc) is 3.49. The number of unbranched alkanes of at least 4 members (excludes halogenated alkanes) is 44. The molecule has 0 spiro atoms. The second-order valence-corrected chi connectivity index (χ2v) is 24.5. The van der Waals surface area contributed by atoms with Crippen molar-refractivity contribution < 1.29 is 28.6 Å². The fraction of sp³-hybridized carbons (Fsp3) is 0.805. The van der Waals surface area contributed by atoms with E-state index in [0.29, 0.717) is 19.3 Å². The number of ether oxygens (including phenoxy) is 3. The van der Waals surface area contributed by atoms with Gasteiger partial charge in [-0.15, -0.1) is 0 Å². The molecule has 1 atom stereocenters. The average molecular weight is 1160 g/mol. The van der Waals surface area contributed by atoms with Crippen LogP contribution in [0.4, 0.5) is 0 Å². The molecule has 0 heterocycles. The Morgan fingerprint density at radius 3 is 0.711 bits per heavy atom. The maximum atomic E-state index is 13.0. The first kappa shape index (κ1) is 79.8. The maximum Gasteiger partial charge on any atom is 0.306 e. The van der Waals surface area contributed by atoms with E-state index in [1.54, 1.807) is 0 Å². The molecule has 0 N–H and O–H groups in total. The van der Waals surface area contributed by atoms with Crippen LogP contribution in [0, 0.1) is 0 Å². The van der Waals surface area contributed by atoms with Crippen LogP contribution < -0.4 is 0 Å². The highest BCUT2D eigenvalue weighted by molar-refractivity contribution is 5.71. The second-order valence-electron chi connectivity index (χ2n) is 24.5. The summed E-state index contributed by atoms with van der Waals surface area (Å²) in [5, 5.41) is 0. The fourth-order valence-corrected chi connectivity index (χ4v) is 10.7. The van der Waals surface area contributed by atoms with Gasteiger partial charge < -0.3 is 14.2 Å². The molecule has 1 unspecified atom stereocenters. The van der Waals surface area contributed by atoms with Crippen LogP contribution in [0.15, 0.2) is 72.9 Å². The molecule has 0 fully saturated rings. The van der Waals surface area contributed by atoms with Crippen molar-refractivity contribution in [2.24, 2.45) is 0 Å². The van der Waals surface area contributed by atoms with Gasteiger partial charge in [0.15, 0.2) is 6.10 Å². The van der Waals surface area contributed by atoms with Gasteiger partial charge >= 0.3 is 17.9 Å². The summed E-state index contributed by atoms with van der Waals surface area (Å²) in [6.45, 7) is 6.60. The lowest BCUT2D eigenvalue weighted by Gasteiger charge is -2.18. The van der Waals surface area contributed by atoms with Crippen molar-refractivity contribution in [1.29, 1.82) is 0 Å². The van der Waals surface area contributed by atoms with Gasteiger partial charge in [-0.1, -0.05) is 325 Å². The Hall–Kier alpha value is -3.15. The molecule has 6 nitrogen and oxygen atoms in total. The van der Waals surface area contributed by atoms with E-state index in [1.165, 1.54) is 244 Å². The molecular formula is C77H138O6. The molecule has 6 heteroatoms. The van der Waals surface area contributed by atoms with Crippen molar-refractivity contribution in [3.05, 3.63) is 72.9 Å². The van der Waals surface area contributed by atoms with Crippen LogP contribution in [0.2, 0.25) is 0 Å². The standard InChI is InChI=1S/C77H138O6/c1-4-7-10-13-16-19-22-25-27-29-31-33-35-36-37-38-39-40-42-43-45-47-49-52-55-58-61-64-67-70-76(79)82-73-74(72-81-75(78)69-66-63-60-57-54-51-24-21-18-15-12-9-6-3)83-77(80)71-68-65-62-59-56-53-50-48-46-44-41-34-32-30-28-26-23-20-17-14-11-8-5-2/h12,15,21-26,29-32,74H,4-11,13-14,16-20,27-28,33-73H2,1-3H3/b15-12-,24-21-,25-22-,26-23-,31-29-,32-30-. The van der Waals surface area contributed by atoms with Crippen molar-refractivity contribution in [3.8, 4) is 0 Å². The normalized spacial score (nSPS) is 12.5. The molecule has 0 aliphatic heterocycles. The van der Waals surface area contributed by atoms with Gasteiger partial charge in [-0.3, -0.25) is 14.4 Å². The third kappa shape index (κ3) is 69.5. The number of carbonyl (C=O) groups is 3. The van der Waals surface area contributed by atoms with Crippen molar-refractivity contribution in [3.63, 3.8) is 0 Å². The van der Waals surface area contributed by atoms with E-state index in [-0.39, 0.29) is 31.1 Å². The van der Waals surface area contributed by atoms with Crippen molar-refractivity contribution in [1.82, 2.24) is 0 Å². The van der Waals surface area contributed by atoms with Gasteiger partial charge in [0, 0.05) is 19.3 Å². The zero-order valence-electron chi connectivity index (χ0n) is 55.5. The first-order chi connectivity index (χ1) is 41.0. The summed E-state index contributed by atoms with van der Waals surface area (Å²) in [5.74, 6) is -0.873. The molecule has 0 saturated carbocycles. The number of allylic oxidation sites excluding steroid dienone is 12. The van der Waals surface area contributed by atoms with Gasteiger partial charge in [-0.2, -0.15) is 0 Å². The molecule has 0 aromatic carbocycles. The van der Waals surface area contributed by atoms with E-state index in [2.05, 4.69) is 93.7 Å². The topological polar surface area (TPSA) is 78.9 Å². The lowest BCUT2D eigenvalue weighted by Crippen LogP contribution is -2.30. The smallest absolute Gasteiger partial charge is 0.306 e. The van der Waals surface area contributed by atoms with E-state index in [0.717, 1.165) is 96.3 Å². The largest absolute Gasteiger partial charge is 0.462 e. The first-order valence-corrected chi connectivity index (χ1v) is 36.4. The zero-order chi connectivity index (χ0) is 59.9. The monoisotopic (exact) mass is 1160 g/mol. The van der Waals surface area contributed by atoms with E-state index in [4.69, 9.17) is 14.2 Å². The Kier molecular flexibility index (Phi) is 68.6. The lowest BCUT2D eigenvalue weighted by atomic mass is 10.0. The molecule has 0 saturated heterocycles. The first-order valence-electron chi connectivity index (χ1n) is 36.4. The molecular weight excluding hydrogens is 1020 g/mol. The third-order valence-electron chi connectivity index (χ3n) is 16.1. The highest BCUT2D eigenvalue weighted by Gasteiger charge is 2.19. The Balaban J connectivity index is 4.22. The van der Waals surface area contributed by atoms with Crippen LogP contribution in [0.25, 0.3) is 0 Å². The molecule has 0 aromatic rings. The van der Waals surface area contributed by atoms with Crippen LogP contribution in [-0.2, 0) is 28.6 Å². The molecule has 0 rings (SSSR count). The van der Waals surface area contributed by atoms with Gasteiger partial charge in [0.1, 0.15) is 13.2 Å². The maximum absolute atomic E-state index is 13.0. The van der Waals surface area contributed by atoms with Crippen LogP contribution >= 0.6 is 0 Å². The molecule has 83 heavy (non-hydrogen) atoms. The highest BCUT2D eigenvalue weighted by Crippen LogP contribution is 2.18. The van der Waals surface area contributed by atoms with E-state index in [1.807, 2.05) is 0 Å². The van der Waals surface area contributed by atoms with Gasteiger partial charge in [0.25, 0.3) is 0 Å². The Bertz CT molecular complexity index is 1520. The quantitative estimate of drug-likeness (QED) is 0.0261. The van der Waals surface area contributed by atoms with Crippen molar-refractivity contribution in [2.45, 2.75) is 386 Å². The molecule has 0 amide bonds. The minimum Gasteiger partial charge on any atom is -0.462 e. The Morgan fingerprint density at radius 2 is 0.458 bits per heavy atom. The molecule has 482 valence electrons. The van der Waals surface area contributed by atoms with Gasteiger partial charge in [0.2, 0.25) is 0 Å². The minimum atomic E-state index is -0.783. The van der Waals surface area contributed by atoms with Crippen molar-refractivity contribution in [2.75, 3.05) is 13.2 Å². The third-order valence-corrected chi connectivity index (χ3v) is 16.1. The Morgan fingerprint density at radius 1 is 0.241 bits per heavy atom. The summed E-state index contributed by atoms with van der Waals surface area (Å²) in [4.78, 5) is 38.4. The summed E-state index contributed by atoms with van der Waals surface area (Å²) < 4.78 is 17.0. The highest BCUT2D eigenvalue weighted by atomic mass is 16.6. The van der Waals surface area contributed by atoms with Crippen molar-refractivity contribution >= 4 is 17.9 Å². The van der Waals surface area contributed by atoms with Gasteiger partial charge in [-0.25, -0.2) is 0 Å². The van der Waals surface area contributed by atoms with Crippen LogP contribution in [0.3, 0.4) is 0 Å². The summed E-state index contributed by atoms with van der Waals surface area (Å²) in [5.41, 5.74) is 0. The van der Waals surface area contributed by atoms with Crippen LogP contribution in [-0.4, -0.2) is 37.2 Å². The predicted molar refractivity (Wildman–Crippen MR) is 362 cm³/mol. The summed E-state index contributed by atoms with van der Waals surface area (Å²) in [6, 6.07) is 0. The zero-order valence-corrected chi connectivity index (χ0v) is 55.5. The molecule has 0 aromatic heterocycles. The van der Waals surface area contributed by atoms with E-state index in [9.17, 15) is 14.4 Å². The number of carbonyl (C=O) groups excluding carboxylic acids is 3. The number of esters is 3. The van der Waals surface area contributed by atoms with Gasteiger partial charge in [0.05, 0.1) is 0 Å². The number of hydrogen-bond acceptors (Lipinski definition) is 6. The van der Waals surface area contributed by atoms with E-state index < -0.39 is 6.10 Å². The van der Waals surface area contributed by atoms with Crippen LogP contribution in [0.5, 0.6) is 0 Å². The summed E-state index contributed by atoms with van der Waals surface area (Å²) >= 11 is 0. The Labute approximate surface area is 516 Å². The summed E-state index contributed by atoms with van der Waals surface area (Å²) in [6.07, 6.45) is 93.7. The molecule has 0 aliphatic rings. The van der Waals surface area contributed by atoms with E-state index >= 15 is 0 Å². The lowest BCUT2D eigenvalue weighted by molar-refractivity contribution is -0.167. The number of rotatable bonds is 67. The molecule has 0 aliphatic carbocycles. The second kappa shape index (κ2) is 71.3. The molecule has 0 radical (unpaired) electrons. The molecule has 0 bridgehead atoms. The fourth-order valence-electron chi connectivity index (χ4n) is 10.7.